The summed E-state index contributed by atoms with van der Waals surface area (Å²) < 4.78 is 40.6. The van der Waals surface area contributed by atoms with E-state index < -0.39 is 10.0 Å². The van der Waals surface area contributed by atoms with Crippen molar-refractivity contribution in [3.05, 3.63) is 69.5 Å². The second-order valence-electron chi connectivity index (χ2n) is 7.60. The van der Waals surface area contributed by atoms with Crippen LogP contribution < -0.4 is 5.32 Å². The fraction of sp³-hybridized carbons (Fsp3) is 0.409. The molecule has 0 atom stereocenters. The summed E-state index contributed by atoms with van der Waals surface area (Å²) in [5, 5.41) is 3.86. The fourth-order valence-corrected chi connectivity index (χ4v) is 6.40. The molecular weight excluding hydrogens is 494 g/mol. The van der Waals surface area contributed by atoms with Crippen LogP contribution in [0.3, 0.4) is 0 Å². The van der Waals surface area contributed by atoms with Crippen molar-refractivity contribution in [2.75, 3.05) is 25.4 Å². The Morgan fingerprint density at radius 3 is 2.47 bits per heavy atom. The molecule has 0 bridgehead atoms. The quantitative estimate of drug-likeness (QED) is 0.487. The van der Waals surface area contributed by atoms with E-state index in [9.17, 15) is 17.6 Å². The number of benzene rings is 2. The molecule has 0 aromatic heterocycles. The summed E-state index contributed by atoms with van der Waals surface area (Å²) in [4.78, 5) is 12.4. The molecule has 1 N–H and O–H groups in total. The molecule has 1 heterocycles. The van der Waals surface area contributed by atoms with Gasteiger partial charge in [-0.15, -0.1) is 0 Å². The van der Waals surface area contributed by atoms with Crippen molar-refractivity contribution in [3.8, 4) is 0 Å². The van der Waals surface area contributed by atoms with Crippen molar-refractivity contribution in [1.82, 2.24) is 9.62 Å². The molecule has 2 aromatic carbocycles. The zero-order valence-corrected chi connectivity index (χ0v) is 20.5. The number of rotatable bonds is 9. The highest BCUT2D eigenvalue weighted by molar-refractivity contribution is 7.98. The highest BCUT2D eigenvalue weighted by Crippen LogP contribution is 2.24. The third-order valence-corrected chi connectivity index (χ3v) is 8.78. The number of nitrogens with one attached hydrogen (secondary N) is 1. The lowest BCUT2D eigenvalue weighted by atomic mass is 9.97. The molecule has 1 aliphatic rings. The Labute approximate surface area is 202 Å². The first-order valence-electron chi connectivity index (χ1n) is 10.3. The highest BCUT2D eigenvalue weighted by Gasteiger charge is 2.31. The van der Waals surface area contributed by atoms with E-state index in [0.29, 0.717) is 65.2 Å². The van der Waals surface area contributed by atoms with Crippen molar-refractivity contribution in [3.63, 3.8) is 0 Å². The predicted octanol–water partition coefficient (Wildman–Crippen LogP) is 4.72. The van der Waals surface area contributed by atoms with Gasteiger partial charge in [0.1, 0.15) is 5.82 Å². The monoisotopic (exact) mass is 518 g/mol. The van der Waals surface area contributed by atoms with Crippen LogP contribution in [0.4, 0.5) is 4.39 Å². The molecule has 1 amide bonds. The van der Waals surface area contributed by atoms with E-state index in [1.807, 2.05) is 0 Å². The largest absolute Gasteiger partial charge is 0.355 e. The van der Waals surface area contributed by atoms with Crippen LogP contribution in [-0.2, 0) is 26.3 Å². The highest BCUT2D eigenvalue weighted by atomic mass is 35.5. The minimum atomic E-state index is -3.44. The van der Waals surface area contributed by atoms with Crippen LogP contribution in [0.5, 0.6) is 0 Å². The Balaban J connectivity index is 1.38. The fourth-order valence-electron chi connectivity index (χ4n) is 3.51. The van der Waals surface area contributed by atoms with Crippen LogP contribution >= 0.6 is 35.0 Å². The summed E-state index contributed by atoms with van der Waals surface area (Å²) in [6.45, 7) is 1.12. The van der Waals surface area contributed by atoms with Crippen LogP contribution in [0.25, 0.3) is 0 Å². The Hall–Kier alpha value is -1.32. The van der Waals surface area contributed by atoms with Gasteiger partial charge in [0.15, 0.2) is 0 Å². The van der Waals surface area contributed by atoms with E-state index in [-0.39, 0.29) is 23.4 Å². The van der Waals surface area contributed by atoms with Crippen molar-refractivity contribution in [2.45, 2.75) is 24.3 Å². The van der Waals surface area contributed by atoms with Gasteiger partial charge >= 0.3 is 0 Å². The van der Waals surface area contributed by atoms with E-state index in [1.54, 1.807) is 36.4 Å². The minimum absolute atomic E-state index is 0.0655. The van der Waals surface area contributed by atoms with Crippen LogP contribution in [0.2, 0.25) is 10.0 Å². The first-order chi connectivity index (χ1) is 15.3. The second-order valence-corrected chi connectivity index (χ2v) is 11.5. The van der Waals surface area contributed by atoms with Gasteiger partial charge in [-0.3, -0.25) is 4.79 Å². The number of hydrogen-bond donors (Lipinski definition) is 1. The second kappa shape index (κ2) is 11.7. The van der Waals surface area contributed by atoms with E-state index in [4.69, 9.17) is 23.2 Å². The number of thioether (sulfide) groups is 1. The number of sulfonamides is 1. The van der Waals surface area contributed by atoms with Crippen molar-refractivity contribution >= 4 is 50.9 Å². The number of carbonyl (C=O) groups excluding carboxylic acids is 1. The Kier molecular flexibility index (Phi) is 9.25. The Bertz CT molecular complexity index is 1010. The van der Waals surface area contributed by atoms with Gasteiger partial charge in [0.05, 0.1) is 5.75 Å². The topological polar surface area (TPSA) is 66.5 Å². The van der Waals surface area contributed by atoms with Gasteiger partial charge in [0.2, 0.25) is 15.9 Å². The molecule has 5 nitrogen and oxygen atoms in total. The van der Waals surface area contributed by atoms with Crippen LogP contribution in [0.1, 0.15) is 24.0 Å². The van der Waals surface area contributed by atoms with Gasteiger partial charge < -0.3 is 5.32 Å². The number of hydrogen-bond acceptors (Lipinski definition) is 4. The maximum Gasteiger partial charge on any atom is 0.223 e. The van der Waals surface area contributed by atoms with Gasteiger partial charge in [-0.25, -0.2) is 17.1 Å². The Morgan fingerprint density at radius 2 is 1.81 bits per heavy atom. The summed E-state index contributed by atoms with van der Waals surface area (Å²) in [5.74, 6) is 0.388. The summed E-state index contributed by atoms with van der Waals surface area (Å²) >= 11 is 13.4. The summed E-state index contributed by atoms with van der Waals surface area (Å²) in [7, 11) is -3.44. The molecular formula is C22H25Cl2FN2O3S2. The zero-order chi connectivity index (χ0) is 23.1. The summed E-state index contributed by atoms with van der Waals surface area (Å²) in [6.07, 6.45) is 0.979. The number of amides is 1. The molecule has 1 aliphatic heterocycles. The normalized spacial score (nSPS) is 15.6. The third kappa shape index (κ3) is 7.09. The van der Waals surface area contributed by atoms with Crippen LogP contribution in [-0.4, -0.2) is 44.0 Å². The lowest BCUT2D eigenvalue weighted by Crippen LogP contribution is -2.43. The number of carbonyl (C=O) groups is 1. The number of halogens is 3. The van der Waals surface area contributed by atoms with Gasteiger partial charge in [0.25, 0.3) is 0 Å². The average Bonchev–Trinajstić information content (AvgIpc) is 2.77. The molecule has 0 unspecified atom stereocenters. The molecule has 0 aliphatic carbocycles. The third-order valence-electron chi connectivity index (χ3n) is 5.33. The van der Waals surface area contributed by atoms with E-state index >= 15 is 0 Å². The van der Waals surface area contributed by atoms with Crippen LogP contribution in [0.15, 0.2) is 42.5 Å². The summed E-state index contributed by atoms with van der Waals surface area (Å²) in [5.41, 5.74) is 1.15. The molecule has 174 valence electrons. The van der Waals surface area contributed by atoms with Crippen molar-refractivity contribution < 1.29 is 17.6 Å². The molecule has 10 heteroatoms. The molecule has 1 saturated heterocycles. The zero-order valence-electron chi connectivity index (χ0n) is 17.4. The van der Waals surface area contributed by atoms with Crippen molar-refractivity contribution in [2.24, 2.45) is 5.92 Å². The molecule has 3 rings (SSSR count). The predicted molar refractivity (Wildman–Crippen MR) is 129 cm³/mol. The standard InChI is InChI=1S/C22H25Cl2FN2O3S2/c23-18-6-4-16(5-7-18)15-32(29,30)27-11-8-17(9-12-27)22(28)26-10-13-31-14-19-20(24)2-1-3-21(19)25/h1-7,17H,8-15H2,(H,26,28). The molecule has 32 heavy (non-hydrogen) atoms. The smallest absolute Gasteiger partial charge is 0.223 e. The lowest BCUT2D eigenvalue weighted by molar-refractivity contribution is -0.125. The van der Waals surface area contributed by atoms with E-state index in [2.05, 4.69) is 5.32 Å². The first kappa shape index (κ1) is 25.3. The number of piperidine rings is 1. The summed E-state index contributed by atoms with van der Waals surface area (Å²) in [6, 6.07) is 11.4. The number of nitrogens with zero attached hydrogens (tertiary/aromatic N) is 1. The maximum absolute atomic E-state index is 13.8. The van der Waals surface area contributed by atoms with Gasteiger partial charge in [-0.2, -0.15) is 11.8 Å². The van der Waals surface area contributed by atoms with E-state index in [0.717, 1.165) is 0 Å². The molecule has 0 saturated carbocycles. The van der Waals surface area contributed by atoms with Gasteiger partial charge in [-0.1, -0.05) is 41.4 Å². The van der Waals surface area contributed by atoms with Gasteiger partial charge in [0, 0.05) is 52.7 Å². The lowest BCUT2D eigenvalue weighted by Gasteiger charge is -2.30. The maximum atomic E-state index is 13.8. The minimum Gasteiger partial charge on any atom is -0.355 e. The molecule has 2 aromatic rings. The van der Waals surface area contributed by atoms with Crippen LogP contribution in [0, 0.1) is 11.7 Å². The first-order valence-corrected chi connectivity index (χ1v) is 13.8. The Morgan fingerprint density at radius 1 is 1.12 bits per heavy atom. The van der Waals surface area contributed by atoms with Gasteiger partial charge in [-0.05, 0) is 42.7 Å². The van der Waals surface area contributed by atoms with Crippen molar-refractivity contribution in [1.29, 1.82) is 0 Å². The molecule has 0 spiro atoms. The SMILES string of the molecule is O=C(NCCSCc1c(F)cccc1Cl)C1CCN(S(=O)(=O)Cc2ccc(Cl)cc2)CC1. The molecule has 0 radical (unpaired) electrons. The van der Waals surface area contributed by atoms with E-state index in [1.165, 1.54) is 22.1 Å². The molecule has 1 fully saturated rings. The average molecular weight is 519 g/mol.